The molecule has 3 aromatic carbocycles. The maximum absolute atomic E-state index is 13.5. The molecule has 0 aliphatic rings. The Morgan fingerprint density at radius 2 is 1.63 bits per heavy atom. The van der Waals surface area contributed by atoms with Crippen molar-refractivity contribution in [3.8, 4) is 11.5 Å². The highest BCUT2D eigenvalue weighted by Gasteiger charge is 2.28. The van der Waals surface area contributed by atoms with Gasteiger partial charge in [-0.2, -0.15) is 0 Å². The number of hydrogen-bond donors (Lipinski definition) is 1. The van der Waals surface area contributed by atoms with Gasteiger partial charge in [0.15, 0.2) is 11.5 Å². The quantitative estimate of drug-likeness (QED) is 0.428. The average Bonchev–Trinajstić information content (AvgIpc) is 2.84. The molecule has 35 heavy (non-hydrogen) atoms. The van der Waals surface area contributed by atoms with Crippen LogP contribution in [0.5, 0.6) is 11.5 Å². The van der Waals surface area contributed by atoms with Crippen LogP contribution in [0.3, 0.4) is 0 Å². The van der Waals surface area contributed by atoms with Gasteiger partial charge in [0.05, 0.1) is 24.8 Å². The van der Waals surface area contributed by atoms with Gasteiger partial charge in [0.1, 0.15) is 6.54 Å². The zero-order valence-electron chi connectivity index (χ0n) is 20.2. The molecule has 0 aromatic heterocycles. The van der Waals surface area contributed by atoms with Crippen molar-refractivity contribution in [1.29, 1.82) is 0 Å². The predicted molar refractivity (Wildman–Crippen MR) is 138 cm³/mol. The Balaban J connectivity index is 1.79. The number of ether oxygens (including phenoxy) is 2. The number of carbonyl (C=O) groups is 1. The zero-order valence-corrected chi connectivity index (χ0v) is 21.7. The van der Waals surface area contributed by atoms with Gasteiger partial charge in [0.2, 0.25) is 5.91 Å². The molecule has 186 valence electrons. The molecule has 0 radical (unpaired) electrons. The highest BCUT2D eigenvalue weighted by molar-refractivity contribution is 7.92. The monoisotopic (exact) mass is 516 g/mol. The molecule has 0 aliphatic carbocycles. The Hall–Kier alpha value is -3.23. The summed E-state index contributed by atoms with van der Waals surface area (Å²) in [6.45, 7) is 3.59. The third kappa shape index (κ3) is 6.46. The van der Waals surface area contributed by atoms with Crippen LogP contribution in [-0.2, 0) is 21.2 Å². The van der Waals surface area contributed by atoms with Crippen LogP contribution in [0.4, 0.5) is 5.69 Å². The molecule has 3 aromatic rings. The molecule has 1 N–H and O–H groups in total. The van der Waals surface area contributed by atoms with Crippen LogP contribution < -0.4 is 19.1 Å². The topological polar surface area (TPSA) is 84.9 Å². The van der Waals surface area contributed by atoms with Gasteiger partial charge in [-0.05, 0) is 67.8 Å². The van der Waals surface area contributed by atoms with E-state index in [1.165, 1.54) is 12.1 Å². The Morgan fingerprint density at radius 1 is 0.943 bits per heavy atom. The van der Waals surface area contributed by atoms with E-state index in [-0.39, 0.29) is 11.4 Å². The van der Waals surface area contributed by atoms with Crippen LogP contribution in [0.25, 0.3) is 0 Å². The number of carbonyl (C=O) groups excluding carboxylic acids is 1. The number of nitrogens with one attached hydrogen (secondary N) is 1. The molecule has 0 bridgehead atoms. The van der Waals surface area contributed by atoms with Gasteiger partial charge < -0.3 is 14.8 Å². The van der Waals surface area contributed by atoms with Crippen molar-refractivity contribution in [2.45, 2.75) is 25.2 Å². The summed E-state index contributed by atoms with van der Waals surface area (Å²) in [6.07, 6.45) is 0.535. The lowest BCUT2D eigenvalue weighted by atomic mass is 10.1. The summed E-state index contributed by atoms with van der Waals surface area (Å²) in [5.74, 6) is 0.790. The largest absolute Gasteiger partial charge is 0.493 e. The maximum atomic E-state index is 13.5. The number of rotatable bonds is 10. The molecule has 0 aliphatic heterocycles. The van der Waals surface area contributed by atoms with E-state index in [4.69, 9.17) is 21.1 Å². The van der Waals surface area contributed by atoms with Crippen molar-refractivity contribution < 1.29 is 22.7 Å². The van der Waals surface area contributed by atoms with Gasteiger partial charge >= 0.3 is 0 Å². The molecule has 0 unspecified atom stereocenters. The molecule has 9 heteroatoms. The summed E-state index contributed by atoms with van der Waals surface area (Å²) in [4.78, 5) is 13.0. The summed E-state index contributed by atoms with van der Waals surface area (Å²) in [6, 6.07) is 17.0. The van der Waals surface area contributed by atoms with Crippen LogP contribution in [0.2, 0.25) is 5.02 Å². The first kappa shape index (κ1) is 26.4. The SMILES string of the molecule is COc1ccc(CCNC(=O)CN(c2cc(Cl)ccc2C)S(=O)(=O)c2ccc(C)cc2)cc1OC. The summed E-state index contributed by atoms with van der Waals surface area (Å²) in [5, 5.41) is 3.19. The normalized spacial score (nSPS) is 11.1. The Morgan fingerprint density at radius 3 is 2.29 bits per heavy atom. The van der Waals surface area contributed by atoms with Crippen LogP contribution >= 0.6 is 11.6 Å². The molecule has 0 fully saturated rings. The molecule has 3 rings (SSSR count). The number of methoxy groups -OCH3 is 2. The van der Waals surface area contributed by atoms with Gasteiger partial charge in [0.25, 0.3) is 10.0 Å². The van der Waals surface area contributed by atoms with Crippen LogP contribution in [-0.4, -0.2) is 41.6 Å². The first-order valence-electron chi connectivity index (χ1n) is 11.0. The van der Waals surface area contributed by atoms with E-state index in [9.17, 15) is 13.2 Å². The number of aryl methyl sites for hydroxylation is 2. The Bertz CT molecular complexity index is 1290. The summed E-state index contributed by atoms with van der Waals surface area (Å²) >= 11 is 6.17. The van der Waals surface area contributed by atoms with E-state index in [1.54, 1.807) is 57.5 Å². The second kappa shape index (κ2) is 11.5. The molecule has 7 nitrogen and oxygen atoms in total. The van der Waals surface area contributed by atoms with E-state index in [0.717, 1.165) is 15.4 Å². The van der Waals surface area contributed by atoms with Gasteiger partial charge in [-0.15, -0.1) is 0 Å². The summed E-state index contributed by atoms with van der Waals surface area (Å²) in [5.41, 5.74) is 2.91. The smallest absolute Gasteiger partial charge is 0.264 e. The number of anilines is 1. The van der Waals surface area contributed by atoms with Crippen LogP contribution in [0.15, 0.2) is 65.6 Å². The summed E-state index contributed by atoms with van der Waals surface area (Å²) in [7, 11) is -0.891. The van der Waals surface area contributed by atoms with Gasteiger partial charge in [0, 0.05) is 11.6 Å². The highest BCUT2D eigenvalue weighted by Crippen LogP contribution is 2.30. The fourth-order valence-electron chi connectivity index (χ4n) is 3.56. The highest BCUT2D eigenvalue weighted by atomic mass is 35.5. The fourth-order valence-corrected chi connectivity index (χ4v) is 5.20. The first-order valence-corrected chi connectivity index (χ1v) is 12.8. The number of sulfonamides is 1. The van der Waals surface area contributed by atoms with E-state index in [0.29, 0.717) is 40.7 Å². The average molecular weight is 517 g/mol. The van der Waals surface area contributed by atoms with Crippen molar-refractivity contribution >= 4 is 33.2 Å². The van der Waals surface area contributed by atoms with Crippen molar-refractivity contribution in [3.05, 3.63) is 82.4 Å². The van der Waals surface area contributed by atoms with Gasteiger partial charge in [-0.1, -0.05) is 41.4 Å². The molecular weight excluding hydrogens is 488 g/mol. The minimum Gasteiger partial charge on any atom is -0.493 e. The lowest BCUT2D eigenvalue weighted by Gasteiger charge is -2.26. The molecule has 1 amide bonds. The van der Waals surface area contributed by atoms with Crippen molar-refractivity contribution in [1.82, 2.24) is 5.32 Å². The lowest BCUT2D eigenvalue weighted by Crippen LogP contribution is -2.41. The van der Waals surface area contributed by atoms with Gasteiger partial charge in [-0.25, -0.2) is 8.42 Å². The van der Waals surface area contributed by atoms with Crippen LogP contribution in [0.1, 0.15) is 16.7 Å². The fraction of sp³-hybridized carbons (Fsp3) is 0.269. The number of hydrogen-bond acceptors (Lipinski definition) is 5. The first-order chi connectivity index (χ1) is 16.6. The molecule has 0 spiro atoms. The molecule has 0 atom stereocenters. The number of nitrogens with zero attached hydrogens (tertiary/aromatic N) is 1. The minimum atomic E-state index is -4.02. The maximum Gasteiger partial charge on any atom is 0.264 e. The van der Waals surface area contributed by atoms with Crippen LogP contribution in [0, 0.1) is 13.8 Å². The standard InChI is InChI=1S/C26H29ClN2O5S/c1-18-5-10-22(11-6-18)35(31,32)29(23-16-21(27)9-7-19(23)2)17-26(30)28-14-13-20-8-12-24(33-3)25(15-20)34-4/h5-12,15-16H,13-14,17H2,1-4H3,(H,28,30). The lowest BCUT2D eigenvalue weighted by molar-refractivity contribution is -0.119. The molecule has 0 saturated carbocycles. The Labute approximate surface area is 211 Å². The summed E-state index contributed by atoms with van der Waals surface area (Å²) < 4.78 is 38.8. The van der Waals surface area contributed by atoms with E-state index in [2.05, 4.69) is 5.32 Å². The van der Waals surface area contributed by atoms with E-state index >= 15 is 0 Å². The third-order valence-corrected chi connectivity index (χ3v) is 7.53. The van der Waals surface area contributed by atoms with Gasteiger partial charge in [-0.3, -0.25) is 9.10 Å². The molecule has 0 saturated heterocycles. The van der Waals surface area contributed by atoms with Crippen molar-refractivity contribution in [2.24, 2.45) is 0 Å². The molecular formula is C26H29ClN2O5S. The second-order valence-corrected chi connectivity index (χ2v) is 10.3. The number of amides is 1. The Kier molecular flexibility index (Phi) is 8.64. The van der Waals surface area contributed by atoms with E-state index in [1.807, 2.05) is 19.1 Å². The number of benzene rings is 3. The zero-order chi connectivity index (χ0) is 25.6. The van der Waals surface area contributed by atoms with Crippen molar-refractivity contribution in [2.75, 3.05) is 31.6 Å². The number of halogens is 1. The van der Waals surface area contributed by atoms with Crippen molar-refractivity contribution in [3.63, 3.8) is 0 Å². The third-order valence-electron chi connectivity index (χ3n) is 5.52. The predicted octanol–water partition coefficient (Wildman–Crippen LogP) is 4.53. The molecule has 0 heterocycles. The van der Waals surface area contributed by atoms with E-state index < -0.39 is 15.9 Å². The minimum absolute atomic E-state index is 0.0978. The second-order valence-electron chi connectivity index (χ2n) is 8.04.